The number of nitrogens with one attached hydrogen (secondary N) is 1. The van der Waals surface area contributed by atoms with Gasteiger partial charge in [-0.1, -0.05) is 6.07 Å². The Morgan fingerprint density at radius 2 is 1.90 bits per heavy atom. The zero-order valence-corrected chi connectivity index (χ0v) is 12.9. The van der Waals surface area contributed by atoms with Gasteiger partial charge >= 0.3 is 5.97 Å². The molecule has 2 aromatic rings. The molecule has 110 valence electrons. The minimum atomic E-state index is -0.507. The van der Waals surface area contributed by atoms with E-state index in [-0.39, 0.29) is 23.2 Å². The number of thiazole rings is 1. The summed E-state index contributed by atoms with van der Waals surface area (Å²) in [4.78, 5) is 27.6. The van der Waals surface area contributed by atoms with Crippen molar-refractivity contribution in [1.82, 2.24) is 4.98 Å². The number of amides is 1. The highest BCUT2D eigenvalue weighted by atomic mass is 32.1. The number of anilines is 1. The highest BCUT2D eigenvalue weighted by molar-refractivity contribution is 7.11. The van der Waals surface area contributed by atoms with Gasteiger partial charge in [0.2, 0.25) is 5.01 Å². The van der Waals surface area contributed by atoms with Crippen molar-refractivity contribution in [3.8, 4) is 0 Å². The highest BCUT2D eigenvalue weighted by Gasteiger charge is 2.16. The molecule has 0 spiro atoms. The van der Waals surface area contributed by atoms with E-state index >= 15 is 0 Å². The second-order valence-electron chi connectivity index (χ2n) is 4.59. The Balaban J connectivity index is 2.12. The Morgan fingerprint density at radius 3 is 2.52 bits per heavy atom. The number of esters is 1. The van der Waals surface area contributed by atoms with Gasteiger partial charge in [-0.3, -0.25) is 4.79 Å². The molecule has 0 atom stereocenters. The first-order valence-electron chi connectivity index (χ1n) is 6.52. The third-order valence-electron chi connectivity index (χ3n) is 2.67. The smallest absolute Gasteiger partial charge is 0.367 e. The highest BCUT2D eigenvalue weighted by Crippen LogP contribution is 2.16. The Morgan fingerprint density at radius 1 is 1.24 bits per heavy atom. The monoisotopic (exact) mass is 304 g/mol. The molecule has 1 aromatic carbocycles. The van der Waals surface area contributed by atoms with Crippen molar-refractivity contribution in [2.45, 2.75) is 20.8 Å². The van der Waals surface area contributed by atoms with Crippen LogP contribution in [0.1, 0.15) is 38.3 Å². The third kappa shape index (κ3) is 3.88. The van der Waals surface area contributed by atoms with Crippen molar-refractivity contribution in [1.29, 1.82) is 0 Å². The normalized spacial score (nSPS) is 10.2. The Hall–Kier alpha value is -2.21. The van der Waals surface area contributed by atoms with Crippen molar-refractivity contribution < 1.29 is 14.3 Å². The molecule has 0 bridgehead atoms. The van der Waals surface area contributed by atoms with E-state index < -0.39 is 5.97 Å². The van der Waals surface area contributed by atoms with Gasteiger partial charge in [-0.2, -0.15) is 0 Å². The van der Waals surface area contributed by atoms with Crippen LogP contribution in [0, 0.1) is 13.8 Å². The first-order chi connectivity index (χ1) is 9.99. The molecule has 0 aliphatic rings. The SMILES string of the molecule is CCOC(=O)c1nc(C(=O)Nc2cc(C)cc(C)c2)cs1. The van der Waals surface area contributed by atoms with E-state index in [2.05, 4.69) is 10.3 Å². The molecule has 1 amide bonds. The van der Waals surface area contributed by atoms with Gasteiger partial charge in [-0.05, 0) is 44.0 Å². The summed E-state index contributed by atoms with van der Waals surface area (Å²) in [6.07, 6.45) is 0. The van der Waals surface area contributed by atoms with Gasteiger partial charge in [0.05, 0.1) is 6.61 Å². The third-order valence-corrected chi connectivity index (χ3v) is 3.49. The number of benzene rings is 1. The summed E-state index contributed by atoms with van der Waals surface area (Å²) in [7, 11) is 0. The molecule has 6 heteroatoms. The second-order valence-corrected chi connectivity index (χ2v) is 5.45. The van der Waals surface area contributed by atoms with Gasteiger partial charge in [-0.25, -0.2) is 9.78 Å². The standard InChI is InChI=1S/C15H16N2O3S/c1-4-20-15(19)14-17-12(8-21-14)13(18)16-11-6-9(2)5-10(3)7-11/h5-8H,4H2,1-3H3,(H,16,18). The summed E-state index contributed by atoms with van der Waals surface area (Å²) in [5, 5.41) is 4.51. The summed E-state index contributed by atoms with van der Waals surface area (Å²) < 4.78 is 4.85. The molecule has 0 radical (unpaired) electrons. The zero-order chi connectivity index (χ0) is 15.4. The quantitative estimate of drug-likeness (QED) is 0.881. The molecule has 21 heavy (non-hydrogen) atoms. The number of aryl methyl sites for hydroxylation is 2. The molecule has 0 aliphatic heterocycles. The fourth-order valence-electron chi connectivity index (χ4n) is 1.91. The molecule has 0 fully saturated rings. The fourth-order valence-corrected chi connectivity index (χ4v) is 2.60. The van der Waals surface area contributed by atoms with E-state index in [0.29, 0.717) is 5.69 Å². The number of aromatic nitrogens is 1. The number of hydrogen-bond acceptors (Lipinski definition) is 5. The fraction of sp³-hybridized carbons (Fsp3) is 0.267. The molecule has 0 aliphatic carbocycles. The largest absolute Gasteiger partial charge is 0.461 e. The van der Waals surface area contributed by atoms with Crippen LogP contribution in [0.3, 0.4) is 0 Å². The molecule has 0 unspecified atom stereocenters. The summed E-state index contributed by atoms with van der Waals surface area (Å²) in [6.45, 7) is 5.93. The van der Waals surface area contributed by atoms with E-state index in [1.165, 1.54) is 0 Å². The lowest BCUT2D eigenvalue weighted by atomic mass is 10.1. The number of carbonyl (C=O) groups is 2. The van der Waals surface area contributed by atoms with Crippen LogP contribution in [0.25, 0.3) is 0 Å². The summed E-state index contributed by atoms with van der Waals surface area (Å²) >= 11 is 1.10. The number of carbonyl (C=O) groups excluding carboxylic acids is 2. The molecular formula is C15H16N2O3S. The lowest BCUT2D eigenvalue weighted by Crippen LogP contribution is -2.13. The maximum atomic E-state index is 12.1. The van der Waals surface area contributed by atoms with E-state index in [4.69, 9.17) is 4.74 Å². The molecular weight excluding hydrogens is 288 g/mol. The predicted octanol–water partition coefficient (Wildman–Crippen LogP) is 3.19. The van der Waals surface area contributed by atoms with Crippen LogP contribution in [0.15, 0.2) is 23.6 Å². The van der Waals surface area contributed by atoms with E-state index in [9.17, 15) is 9.59 Å². The van der Waals surface area contributed by atoms with Gasteiger partial charge in [0, 0.05) is 11.1 Å². The van der Waals surface area contributed by atoms with Crippen LogP contribution in [0.4, 0.5) is 5.69 Å². The van der Waals surface area contributed by atoms with Crippen molar-refractivity contribution in [3.05, 3.63) is 45.4 Å². The Labute approximate surface area is 127 Å². The average molecular weight is 304 g/mol. The van der Waals surface area contributed by atoms with Crippen molar-refractivity contribution in [3.63, 3.8) is 0 Å². The lowest BCUT2D eigenvalue weighted by molar-refractivity contribution is 0.0526. The molecule has 2 rings (SSSR count). The first kappa shape index (κ1) is 15.2. The van der Waals surface area contributed by atoms with Crippen LogP contribution in [0.5, 0.6) is 0 Å². The van der Waals surface area contributed by atoms with Crippen molar-refractivity contribution in [2.75, 3.05) is 11.9 Å². The maximum Gasteiger partial charge on any atom is 0.367 e. The minimum Gasteiger partial charge on any atom is -0.461 e. The number of rotatable bonds is 4. The number of nitrogens with zero attached hydrogens (tertiary/aromatic N) is 1. The van der Waals surface area contributed by atoms with Crippen LogP contribution in [-0.2, 0) is 4.74 Å². The van der Waals surface area contributed by atoms with E-state index in [0.717, 1.165) is 22.5 Å². The molecule has 1 aromatic heterocycles. The maximum absolute atomic E-state index is 12.1. The summed E-state index contributed by atoms with van der Waals surface area (Å²) in [6, 6.07) is 5.78. The molecule has 1 N–H and O–H groups in total. The van der Waals surface area contributed by atoms with Gasteiger partial charge in [0.25, 0.3) is 5.91 Å². The van der Waals surface area contributed by atoms with Gasteiger partial charge in [0.1, 0.15) is 5.69 Å². The zero-order valence-electron chi connectivity index (χ0n) is 12.1. The summed E-state index contributed by atoms with van der Waals surface area (Å²) in [5.41, 5.74) is 3.05. The van der Waals surface area contributed by atoms with Crippen molar-refractivity contribution in [2.24, 2.45) is 0 Å². The van der Waals surface area contributed by atoms with Gasteiger partial charge < -0.3 is 10.1 Å². The minimum absolute atomic E-state index is 0.183. The second kappa shape index (κ2) is 6.49. The average Bonchev–Trinajstić information content (AvgIpc) is 2.87. The van der Waals surface area contributed by atoms with E-state index in [1.54, 1.807) is 12.3 Å². The van der Waals surface area contributed by atoms with Gasteiger partial charge in [-0.15, -0.1) is 11.3 Å². The molecule has 0 saturated carbocycles. The van der Waals surface area contributed by atoms with E-state index in [1.807, 2.05) is 32.0 Å². The first-order valence-corrected chi connectivity index (χ1v) is 7.40. The van der Waals surface area contributed by atoms with Crippen LogP contribution in [-0.4, -0.2) is 23.5 Å². The lowest BCUT2D eigenvalue weighted by Gasteiger charge is -2.06. The van der Waals surface area contributed by atoms with Crippen LogP contribution >= 0.6 is 11.3 Å². The Bertz CT molecular complexity index is 659. The predicted molar refractivity (Wildman–Crippen MR) is 81.9 cm³/mol. The molecule has 5 nitrogen and oxygen atoms in total. The summed E-state index contributed by atoms with van der Waals surface area (Å²) in [5.74, 6) is -0.847. The van der Waals surface area contributed by atoms with Crippen LogP contribution < -0.4 is 5.32 Å². The van der Waals surface area contributed by atoms with Gasteiger partial charge in [0.15, 0.2) is 0 Å². The molecule has 1 heterocycles. The topological polar surface area (TPSA) is 68.3 Å². The Kier molecular flexibility index (Phi) is 4.70. The molecule has 0 saturated heterocycles. The van der Waals surface area contributed by atoms with Crippen LogP contribution in [0.2, 0.25) is 0 Å². The number of hydrogen-bond donors (Lipinski definition) is 1. The number of ether oxygens (including phenoxy) is 1. The van der Waals surface area contributed by atoms with Crippen molar-refractivity contribution >= 4 is 28.9 Å².